The third-order valence-corrected chi connectivity index (χ3v) is 6.15. The van der Waals surface area contributed by atoms with Crippen LogP contribution in [0.1, 0.15) is 41.3 Å². The molecule has 0 amide bonds. The minimum atomic E-state index is -0.0824. The molecule has 0 atom stereocenters. The maximum Gasteiger partial charge on any atom is 0.251 e. The first kappa shape index (κ1) is 19.3. The number of anilines is 2. The smallest absolute Gasteiger partial charge is 0.251 e. The molecular weight excluding hydrogens is 384 g/mol. The van der Waals surface area contributed by atoms with Crippen LogP contribution < -0.4 is 10.9 Å². The summed E-state index contributed by atoms with van der Waals surface area (Å²) in [5.74, 6) is -0.0191. The van der Waals surface area contributed by atoms with Crippen molar-refractivity contribution < 1.29 is 4.79 Å². The molecule has 1 aliphatic rings. The quantitative estimate of drug-likeness (QED) is 0.398. The van der Waals surface area contributed by atoms with E-state index in [0.717, 1.165) is 39.8 Å². The number of hydrogen-bond acceptors (Lipinski definition) is 3. The van der Waals surface area contributed by atoms with Crippen molar-refractivity contribution in [2.45, 2.75) is 26.2 Å². The van der Waals surface area contributed by atoms with Gasteiger partial charge in [-0.1, -0.05) is 49.7 Å². The highest BCUT2D eigenvalue weighted by Gasteiger charge is 2.28. The fourth-order valence-corrected chi connectivity index (χ4v) is 4.45. The normalized spacial score (nSPS) is 12.1. The molecule has 31 heavy (non-hydrogen) atoms. The summed E-state index contributed by atoms with van der Waals surface area (Å²) in [6.07, 6.45) is 3.43. The zero-order valence-corrected chi connectivity index (χ0v) is 17.7. The second kappa shape index (κ2) is 7.55. The Bertz CT molecular complexity index is 1380. The van der Waals surface area contributed by atoms with E-state index in [1.54, 1.807) is 17.7 Å². The Kier molecular flexibility index (Phi) is 4.70. The number of aromatic nitrogens is 1. The lowest BCUT2D eigenvalue weighted by atomic mass is 9.83. The van der Waals surface area contributed by atoms with Crippen LogP contribution in [0, 0.1) is 0 Å². The van der Waals surface area contributed by atoms with E-state index >= 15 is 0 Å². The van der Waals surface area contributed by atoms with E-state index in [0.29, 0.717) is 11.1 Å². The number of hydrogen-bond donors (Lipinski definition) is 1. The van der Waals surface area contributed by atoms with Gasteiger partial charge < -0.3 is 9.88 Å². The largest absolute Gasteiger partial charge is 0.355 e. The fraction of sp³-hybridized carbons (Fsp3) is 0.185. The van der Waals surface area contributed by atoms with Crippen molar-refractivity contribution in [3.63, 3.8) is 0 Å². The minimum Gasteiger partial charge on any atom is -0.355 e. The fourth-order valence-electron chi connectivity index (χ4n) is 4.45. The number of nitrogens with one attached hydrogen (secondary N) is 1. The molecule has 0 saturated carbocycles. The third-order valence-electron chi connectivity index (χ3n) is 6.15. The molecule has 1 aromatic heterocycles. The van der Waals surface area contributed by atoms with Crippen molar-refractivity contribution in [1.82, 2.24) is 4.57 Å². The molecule has 0 fully saturated rings. The summed E-state index contributed by atoms with van der Waals surface area (Å²) in [4.78, 5) is 26.1. The first-order chi connectivity index (χ1) is 15.1. The van der Waals surface area contributed by atoms with Gasteiger partial charge in [-0.05, 0) is 53.8 Å². The van der Waals surface area contributed by atoms with Crippen molar-refractivity contribution >= 4 is 28.1 Å². The van der Waals surface area contributed by atoms with E-state index < -0.39 is 0 Å². The third kappa shape index (κ3) is 3.15. The zero-order valence-electron chi connectivity index (χ0n) is 17.7. The molecule has 4 heteroatoms. The number of ketones is 1. The zero-order chi connectivity index (χ0) is 21.5. The number of carbonyl (C=O) groups excluding carboxylic acids is 1. The molecule has 1 N–H and O–H groups in total. The number of nitrogens with zero attached hydrogens (tertiary/aromatic N) is 1. The molecule has 0 spiro atoms. The van der Waals surface area contributed by atoms with E-state index in [2.05, 4.69) is 36.5 Å². The van der Waals surface area contributed by atoms with E-state index in [1.807, 2.05) is 36.4 Å². The molecule has 3 aromatic carbocycles. The van der Waals surface area contributed by atoms with Crippen LogP contribution in [0.3, 0.4) is 0 Å². The van der Waals surface area contributed by atoms with Crippen LogP contribution in [0.2, 0.25) is 0 Å². The Morgan fingerprint density at radius 3 is 2.35 bits per heavy atom. The number of fused-ring (bicyclic) bond motifs is 2. The van der Waals surface area contributed by atoms with Crippen LogP contribution in [0.25, 0.3) is 22.0 Å². The van der Waals surface area contributed by atoms with Gasteiger partial charge in [0.2, 0.25) is 0 Å². The lowest BCUT2D eigenvalue weighted by Gasteiger charge is -2.23. The minimum absolute atomic E-state index is 0.0191. The Morgan fingerprint density at radius 2 is 1.61 bits per heavy atom. The Morgan fingerprint density at radius 1 is 0.871 bits per heavy atom. The van der Waals surface area contributed by atoms with Crippen molar-refractivity contribution in [2.75, 3.05) is 5.32 Å². The Hall–Kier alpha value is -3.66. The molecule has 0 unspecified atom stereocenters. The van der Waals surface area contributed by atoms with Gasteiger partial charge in [-0.2, -0.15) is 0 Å². The van der Waals surface area contributed by atoms with E-state index in [-0.39, 0.29) is 11.3 Å². The van der Waals surface area contributed by atoms with Gasteiger partial charge in [0.15, 0.2) is 5.78 Å². The first-order valence-corrected chi connectivity index (χ1v) is 10.8. The number of aryl methyl sites for hydroxylation is 2. The van der Waals surface area contributed by atoms with Crippen LogP contribution in [0.4, 0.5) is 11.4 Å². The molecule has 1 heterocycles. The molecule has 4 aromatic rings. The average molecular weight is 409 g/mol. The molecule has 154 valence electrons. The highest BCUT2D eigenvalue weighted by molar-refractivity contribution is 6.28. The van der Waals surface area contributed by atoms with Crippen molar-refractivity contribution in [1.29, 1.82) is 0 Å². The number of rotatable bonds is 5. The SMILES string of the molecule is CCCCc1ccc(Nc2ccc3c4c(cc(=O)n3C)-c3ccccc3C(=O)c24)cc1. The van der Waals surface area contributed by atoms with Crippen molar-refractivity contribution in [3.8, 4) is 11.1 Å². The van der Waals surface area contributed by atoms with Crippen LogP contribution >= 0.6 is 0 Å². The summed E-state index contributed by atoms with van der Waals surface area (Å²) in [5, 5.41) is 4.28. The lowest BCUT2D eigenvalue weighted by Crippen LogP contribution is -2.21. The van der Waals surface area contributed by atoms with Crippen LogP contribution in [-0.4, -0.2) is 10.4 Å². The molecule has 1 aliphatic carbocycles. The monoisotopic (exact) mass is 408 g/mol. The number of benzene rings is 3. The van der Waals surface area contributed by atoms with Gasteiger partial charge in [-0.15, -0.1) is 0 Å². The van der Waals surface area contributed by atoms with E-state index in [9.17, 15) is 9.59 Å². The Balaban J connectivity index is 1.67. The summed E-state index contributed by atoms with van der Waals surface area (Å²) in [5.41, 5.74) is 6.59. The van der Waals surface area contributed by atoms with E-state index in [4.69, 9.17) is 0 Å². The topological polar surface area (TPSA) is 51.1 Å². The highest BCUT2D eigenvalue weighted by atomic mass is 16.1. The summed E-state index contributed by atoms with van der Waals surface area (Å²) < 4.78 is 1.61. The molecule has 4 nitrogen and oxygen atoms in total. The van der Waals surface area contributed by atoms with Crippen LogP contribution in [0.15, 0.2) is 71.5 Å². The summed E-state index contributed by atoms with van der Waals surface area (Å²) in [7, 11) is 1.75. The standard InChI is InChI=1S/C27H24N2O2/c1-3-4-7-17-10-12-18(13-11-17)28-22-14-15-23-25-21(16-24(30)29(23)2)19-8-5-6-9-20(19)27(31)26(22)25/h5-6,8-16,28H,3-4,7H2,1-2H3. The maximum atomic E-state index is 13.5. The molecular formula is C27H24N2O2. The molecule has 0 bridgehead atoms. The summed E-state index contributed by atoms with van der Waals surface area (Å²) in [6.45, 7) is 2.19. The average Bonchev–Trinajstić information content (AvgIpc) is 2.80. The molecule has 0 aliphatic heterocycles. The summed E-state index contributed by atoms with van der Waals surface area (Å²) >= 11 is 0. The van der Waals surface area contributed by atoms with Crippen LogP contribution in [-0.2, 0) is 13.5 Å². The van der Waals surface area contributed by atoms with E-state index in [1.165, 1.54) is 18.4 Å². The predicted molar refractivity (Wildman–Crippen MR) is 126 cm³/mol. The summed E-state index contributed by atoms with van der Waals surface area (Å²) in [6, 6.07) is 21.4. The predicted octanol–water partition coefficient (Wildman–Crippen LogP) is 5.84. The maximum absolute atomic E-state index is 13.5. The number of carbonyl (C=O) groups is 1. The first-order valence-electron chi connectivity index (χ1n) is 10.8. The highest BCUT2D eigenvalue weighted by Crippen LogP contribution is 2.41. The van der Waals surface area contributed by atoms with Crippen molar-refractivity contribution in [3.05, 3.63) is 93.8 Å². The number of unbranched alkanes of at least 4 members (excludes halogenated alkanes) is 1. The van der Waals surface area contributed by atoms with Gasteiger partial charge in [0.05, 0.1) is 16.8 Å². The van der Waals surface area contributed by atoms with Gasteiger partial charge >= 0.3 is 0 Å². The van der Waals surface area contributed by atoms with Gasteiger partial charge in [0.1, 0.15) is 0 Å². The second-order valence-electron chi connectivity index (χ2n) is 8.14. The van der Waals surface area contributed by atoms with Gasteiger partial charge in [0, 0.05) is 29.8 Å². The van der Waals surface area contributed by atoms with Gasteiger partial charge in [-0.25, -0.2) is 0 Å². The number of pyridine rings is 1. The Labute approximate surface area is 181 Å². The van der Waals surface area contributed by atoms with Gasteiger partial charge in [0.25, 0.3) is 5.56 Å². The van der Waals surface area contributed by atoms with Crippen LogP contribution in [0.5, 0.6) is 0 Å². The lowest BCUT2D eigenvalue weighted by molar-refractivity contribution is 0.104. The second-order valence-corrected chi connectivity index (χ2v) is 8.14. The van der Waals surface area contributed by atoms with Gasteiger partial charge in [-0.3, -0.25) is 9.59 Å². The molecule has 0 radical (unpaired) electrons. The molecule has 5 rings (SSSR count). The van der Waals surface area contributed by atoms with Crippen molar-refractivity contribution in [2.24, 2.45) is 7.05 Å². The molecule has 0 saturated heterocycles.